The van der Waals surface area contributed by atoms with Gasteiger partial charge >= 0.3 is 17.9 Å². The predicted molar refractivity (Wildman–Crippen MR) is 362 cm³/mol. The van der Waals surface area contributed by atoms with Crippen molar-refractivity contribution in [1.82, 2.24) is 0 Å². The first-order chi connectivity index (χ1) is 41.0. The molecule has 0 aromatic carbocycles. The van der Waals surface area contributed by atoms with Crippen molar-refractivity contribution in [3.05, 3.63) is 36.5 Å². The third-order valence-electron chi connectivity index (χ3n) is 17.1. The van der Waals surface area contributed by atoms with Crippen LogP contribution in [0.5, 0.6) is 0 Å². The van der Waals surface area contributed by atoms with Gasteiger partial charge in [-0.15, -0.1) is 0 Å². The number of rotatable bonds is 70. The fourth-order valence-electron chi connectivity index (χ4n) is 11.5. The quantitative estimate of drug-likeness (QED) is 0.0261. The van der Waals surface area contributed by atoms with Crippen LogP contribution >= 0.6 is 0 Å². The molecule has 0 saturated heterocycles. The summed E-state index contributed by atoms with van der Waals surface area (Å²) in [4.78, 5) is 38.4. The SMILES string of the molecule is CCCCC/C=C\C/C=C\CCCCCCCCCCCC(=O)OC(COC(=O)CCCCCCCCCCCCC)COC(=O)CCCCCCCCCCCCCCCCCCCCCCCCC/C=C\CCCCCCCCCC. The van der Waals surface area contributed by atoms with E-state index in [-0.39, 0.29) is 31.1 Å². The van der Waals surface area contributed by atoms with E-state index in [1.165, 1.54) is 315 Å². The number of carbonyl (C=O) groups is 3. The van der Waals surface area contributed by atoms with Gasteiger partial charge in [-0.1, -0.05) is 359 Å². The molecule has 1 unspecified atom stereocenters. The van der Waals surface area contributed by atoms with Gasteiger partial charge in [-0.3, -0.25) is 14.4 Å². The maximum absolute atomic E-state index is 12.9. The Bertz CT molecular complexity index is 1380. The zero-order valence-electron chi connectivity index (χ0n) is 56.2. The molecular weight excluding hydrogens is 1020 g/mol. The van der Waals surface area contributed by atoms with E-state index in [0.717, 1.165) is 64.2 Å². The van der Waals surface area contributed by atoms with E-state index in [2.05, 4.69) is 57.2 Å². The Morgan fingerprint density at radius 3 is 0.699 bits per heavy atom. The molecule has 0 aromatic rings. The molecule has 0 aliphatic heterocycles. The lowest BCUT2D eigenvalue weighted by Gasteiger charge is -2.18. The Kier molecular flexibility index (Phi) is 70.0. The molecular formula is C77H144O6. The summed E-state index contributed by atoms with van der Waals surface area (Å²) in [5, 5.41) is 0. The molecule has 0 saturated carbocycles. The fraction of sp³-hybridized carbons (Fsp3) is 0.883. The normalized spacial score (nSPS) is 12.2. The summed E-state index contributed by atoms with van der Waals surface area (Å²) in [6.07, 6.45) is 90.7. The summed E-state index contributed by atoms with van der Waals surface area (Å²) in [7, 11) is 0. The number of hydrogen-bond donors (Lipinski definition) is 0. The van der Waals surface area contributed by atoms with Crippen LogP contribution in [-0.2, 0) is 28.6 Å². The van der Waals surface area contributed by atoms with Crippen molar-refractivity contribution in [2.75, 3.05) is 13.2 Å². The first-order valence-electron chi connectivity index (χ1n) is 37.5. The molecule has 0 fully saturated rings. The molecule has 488 valence electrons. The third-order valence-corrected chi connectivity index (χ3v) is 17.1. The molecule has 0 amide bonds. The second-order valence-corrected chi connectivity index (χ2v) is 25.6. The molecule has 0 rings (SSSR count). The van der Waals surface area contributed by atoms with Crippen LogP contribution in [0.25, 0.3) is 0 Å². The van der Waals surface area contributed by atoms with Gasteiger partial charge < -0.3 is 14.2 Å². The number of hydrogen-bond acceptors (Lipinski definition) is 6. The van der Waals surface area contributed by atoms with Crippen molar-refractivity contribution in [2.24, 2.45) is 0 Å². The van der Waals surface area contributed by atoms with Crippen LogP contribution in [0.3, 0.4) is 0 Å². The average molecular weight is 1170 g/mol. The molecule has 6 nitrogen and oxygen atoms in total. The Morgan fingerprint density at radius 1 is 0.241 bits per heavy atom. The second-order valence-electron chi connectivity index (χ2n) is 25.6. The van der Waals surface area contributed by atoms with Crippen LogP contribution in [0.2, 0.25) is 0 Å². The molecule has 83 heavy (non-hydrogen) atoms. The molecule has 0 radical (unpaired) electrons. The number of carbonyl (C=O) groups excluding carboxylic acids is 3. The second kappa shape index (κ2) is 72.1. The van der Waals surface area contributed by atoms with E-state index in [9.17, 15) is 14.4 Å². The first-order valence-corrected chi connectivity index (χ1v) is 37.5. The van der Waals surface area contributed by atoms with Gasteiger partial charge in [-0.05, 0) is 77.0 Å². The molecule has 0 bridgehead atoms. The summed E-state index contributed by atoms with van der Waals surface area (Å²) in [6, 6.07) is 0. The minimum Gasteiger partial charge on any atom is -0.462 e. The summed E-state index contributed by atoms with van der Waals surface area (Å²) in [5.41, 5.74) is 0. The van der Waals surface area contributed by atoms with Gasteiger partial charge in [0.1, 0.15) is 13.2 Å². The minimum atomic E-state index is -0.771. The molecule has 0 aromatic heterocycles. The van der Waals surface area contributed by atoms with E-state index in [1.807, 2.05) is 0 Å². The Labute approximate surface area is 518 Å². The molecule has 0 aliphatic rings. The fourth-order valence-corrected chi connectivity index (χ4v) is 11.5. The smallest absolute Gasteiger partial charge is 0.306 e. The van der Waals surface area contributed by atoms with Crippen LogP contribution in [0.1, 0.15) is 419 Å². The van der Waals surface area contributed by atoms with Crippen LogP contribution < -0.4 is 0 Å². The third kappa shape index (κ3) is 70.3. The lowest BCUT2D eigenvalue weighted by molar-refractivity contribution is -0.167. The van der Waals surface area contributed by atoms with Gasteiger partial charge in [0, 0.05) is 19.3 Å². The van der Waals surface area contributed by atoms with E-state index < -0.39 is 6.10 Å². The summed E-state index contributed by atoms with van der Waals surface area (Å²) in [6.45, 7) is 6.68. The van der Waals surface area contributed by atoms with E-state index >= 15 is 0 Å². The van der Waals surface area contributed by atoms with Crippen LogP contribution in [-0.4, -0.2) is 37.2 Å². The first kappa shape index (κ1) is 80.6. The van der Waals surface area contributed by atoms with Crippen molar-refractivity contribution in [2.45, 2.75) is 425 Å². The topological polar surface area (TPSA) is 78.9 Å². The molecule has 0 N–H and O–H groups in total. The summed E-state index contributed by atoms with van der Waals surface area (Å²) < 4.78 is 17.0. The zero-order valence-corrected chi connectivity index (χ0v) is 56.2. The summed E-state index contributed by atoms with van der Waals surface area (Å²) in [5.74, 6) is -0.844. The molecule has 0 spiro atoms. The number of esters is 3. The maximum Gasteiger partial charge on any atom is 0.306 e. The highest BCUT2D eigenvalue weighted by atomic mass is 16.6. The standard InChI is InChI=1S/C77H144O6/c1-4-7-10-13-16-19-22-24-26-28-30-31-32-33-34-35-36-37-38-39-40-41-42-43-44-45-47-48-50-52-55-58-61-64-67-70-76(79)82-73-74(72-81-75(78)69-66-63-60-57-54-21-18-15-12-9-6-3)83-77(80)71-68-65-62-59-56-53-51-49-46-29-27-25-23-20-17-14-11-8-5-2/h17,20,25,27-28,30,74H,4-16,18-19,21-24,26,29,31-73H2,1-3H3/b20-17-,27-25-,30-28-. The minimum absolute atomic E-state index is 0.0678. The van der Waals surface area contributed by atoms with Crippen LogP contribution in [0, 0.1) is 0 Å². The zero-order chi connectivity index (χ0) is 59.9. The average Bonchev–Trinajstić information content (AvgIpc) is 3.48. The largest absolute Gasteiger partial charge is 0.462 e. The molecule has 0 aliphatic carbocycles. The Morgan fingerprint density at radius 2 is 0.434 bits per heavy atom. The van der Waals surface area contributed by atoms with Gasteiger partial charge in [0.25, 0.3) is 0 Å². The van der Waals surface area contributed by atoms with Gasteiger partial charge in [-0.25, -0.2) is 0 Å². The maximum atomic E-state index is 12.9. The van der Waals surface area contributed by atoms with E-state index in [4.69, 9.17) is 14.2 Å². The predicted octanol–water partition coefficient (Wildman–Crippen LogP) is 25.9. The van der Waals surface area contributed by atoms with Crippen LogP contribution in [0.4, 0.5) is 0 Å². The molecule has 6 heteroatoms. The van der Waals surface area contributed by atoms with E-state index in [0.29, 0.717) is 19.3 Å². The van der Waals surface area contributed by atoms with Crippen molar-refractivity contribution in [3.8, 4) is 0 Å². The molecule has 1 atom stereocenters. The number of ether oxygens (including phenoxy) is 3. The van der Waals surface area contributed by atoms with Crippen LogP contribution in [0.15, 0.2) is 36.5 Å². The Hall–Kier alpha value is -2.37. The monoisotopic (exact) mass is 1170 g/mol. The van der Waals surface area contributed by atoms with Gasteiger partial charge in [0.05, 0.1) is 0 Å². The van der Waals surface area contributed by atoms with E-state index in [1.54, 1.807) is 0 Å². The highest BCUT2D eigenvalue weighted by Gasteiger charge is 2.20. The highest BCUT2D eigenvalue weighted by molar-refractivity contribution is 5.71. The van der Waals surface area contributed by atoms with Crippen molar-refractivity contribution < 1.29 is 28.6 Å². The van der Waals surface area contributed by atoms with Crippen molar-refractivity contribution in [1.29, 1.82) is 0 Å². The molecule has 0 heterocycles. The van der Waals surface area contributed by atoms with Gasteiger partial charge in [0.15, 0.2) is 6.10 Å². The number of allylic oxidation sites excluding steroid dienone is 6. The van der Waals surface area contributed by atoms with Crippen molar-refractivity contribution in [3.63, 3.8) is 0 Å². The van der Waals surface area contributed by atoms with Gasteiger partial charge in [0.2, 0.25) is 0 Å². The summed E-state index contributed by atoms with van der Waals surface area (Å²) >= 11 is 0. The number of unbranched alkanes of at least 4 members (excludes halogenated alkanes) is 53. The lowest BCUT2D eigenvalue weighted by Crippen LogP contribution is -2.30. The highest BCUT2D eigenvalue weighted by Crippen LogP contribution is 2.19. The lowest BCUT2D eigenvalue weighted by atomic mass is 10.0. The van der Waals surface area contributed by atoms with Crippen molar-refractivity contribution >= 4 is 17.9 Å². The van der Waals surface area contributed by atoms with Gasteiger partial charge in [-0.2, -0.15) is 0 Å². The Balaban J connectivity index is 4.04.